The van der Waals surface area contributed by atoms with Gasteiger partial charge in [0.05, 0.1) is 5.56 Å². The van der Waals surface area contributed by atoms with Crippen LogP contribution in [0.15, 0.2) is 78.2 Å². The Morgan fingerprint density at radius 1 is 1.03 bits per heavy atom. The number of halogens is 2. The Morgan fingerprint density at radius 2 is 1.78 bits per heavy atom. The zero-order chi connectivity index (χ0) is 22.5. The summed E-state index contributed by atoms with van der Waals surface area (Å²) in [5, 5.41) is 5.92. The van der Waals surface area contributed by atoms with Crippen LogP contribution >= 0.6 is 11.8 Å². The number of alkyl halides is 2. The van der Waals surface area contributed by atoms with Crippen LogP contribution in [0.1, 0.15) is 16.2 Å². The average Bonchev–Trinajstić information content (AvgIpc) is 3.21. The fourth-order valence-electron chi connectivity index (χ4n) is 3.00. The number of aromatic nitrogens is 4. The van der Waals surface area contributed by atoms with E-state index in [1.807, 2.05) is 17.7 Å². The Morgan fingerprint density at radius 3 is 2.50 bits per heavy atom. The van der Waals surface area contributed by atoms with E-state index in [1.54, 1.807) is 48.7 Å². The van der Waals surface area contributed by atoms with Crippen molar-refractivity contribution in [1.29, 1.82) is 0 Å². The molecule has 0 aliphatic rings. The third-order valence-electron chi connectivity index (χ3n) is 4.49. The summed E-state index contributed by atoms with van der Waals surface area (Å²) >= 11 is 0.347. The molecule has 4 rings (SSSR count). The van der Waals surface area contributed by atoms with Gasteiger partial charge in [-0.2, -0.15) is 8.78 Å². The number of hydrogen-bond acceptors (Lipinski definition) is 6. The van der Waals surface area contributed by atoms with Gasteiger partial charge < -0.3 is 10.6 Å². The van der Waals surface area contributed by atoms with E-state index in [9.17, 15) is 13.6 Å². The predicted molar refractivity (Wildman–Crippen MR) is 120 cm³/mol. The SMILES string of the molecule is Cc1nccn1-c1cc(Nc2ccc(NC(=O)c3ccccc3SC(F)F)cc2)ncn1. The lowest BCUT2D eigenvalue weighted by Gasteiger charge is -2.11. The first-order valence-corrected chi connectivity index (χ1v) is 10.4. The largest absolute Gasteiger partial charge is 0.340 e. The monoisotopic (exact) mass is 452 g/mol. The molecule has 0 fully saturated rings. The molecule has 0 saturated heterocycles. The Hall–Kier alpha value is -3.79. The molecule has 0 radical (unpaired) electrons. The lowest BCUT2D eigenvalue weighted by atomic mass is 10.2. The molecule has 0 spiro atoms. The molecule has 7 nitrogen and oxygen atoms in total. The maximum atomic E-state index is 12.7. The highest BCUT2D eigenvalue weighted by Gasteiger charge is 2.15. The minimum atomic E-state index is -2.60. The quantitative estimate of drug-likeness (QED) is 0.371. The highest BCUT2D eigenvalue weighted by atomic mass is 32.2. The molecular weight excluding hydrogens is 434 g/mol. The fraction of sp³-hybridized carbons (Fsp3) is 0.0909. The van der Waals surface area contributed by atoms with Gasteiger partial charge in [0, 0.05) is 34.7 Å². The Kier molecular flexibility index (Phi) is 6.41. The van der Waals surface area contributed by atoms with Crippen molar-refractivity contribution in [2.75, 3.05) is 10.6 Å². The number of thioether (sulfide) groups is 1. The number of nitrogens with zero attached hydrogens (tertiary/aromatic N) is 4. The van der Waals surface area contributed by atoms with Gasteiger partial charge >= 0.3 is 0 Å². The van der Waals surface area contributed by atoms with Crippen molar-refractivity contribution in [3.8, 4) is 5.82 Å². The van der Waals surface area contributed by atoms with E-state index < -0.39 is 11.7 Å². The molecule has 0 atom stereocenters. The Bertz CT molecular complexity index is 1230. The molecule has 2 aromatic heterocycles. The van der Waals surface area contributed by atoms with Crippen LogP contribution in [0.2, 0.25) is 0 Å². The normalized spacial score (nSPS) is 10.9. The molecule has 0 saturated carbocycles. The maximum absolute atomic E-state index is 12.7. The molecule has 4 aromatic rings. The number of aryl methyl sites for hydroxylation is 1. The number of benzene rings is 2. The summed E-state index contributed by atoms with van der Waals surface area (Å²) in [6, 6.07) is 15.1. The standard InChI is InChI=1S/C22H18F2N6OS/c1-14-25-10-11-30(14)20-12-19(26-13-27-20)28-15-6-8-16(9-7-15)29-21(31)17-4-2-3-5-18(17)32-22(23)24/h2-13,22H,1H3,(H,29,31)(H,26,27,28). The predicted octanol–water partition coefficient (Wildman–Crippen LogP) is 5.28. The van der Waals surface area contributed by atoms with Gasteiger partial charge in [-0.05, 0) is 43.3 Å². The van der Waals surface area contributed by atoms with Crippen LogP contribution in [-0.2, 0) is 0 Å². The summed E-state index contributed by atoms with van der Waals surface area (Å²) in [7, 11) is 0. The van der Waals surface area contributed by atoms with E-state index in [-0.39, 0.29) is 10.5 Å². The first-order valence-electron chi connectivity index (χ1n) is 9.54. The number of carbonyl (C=O) groups is 1. The Balaban J connectivity index is 1.44. The van der Waals surface area contributed by atoms with E-state index >= 15 is 0 Å². The number of rotatable bonds is 7. The summed E-state index contributed by atoms with van der Waals surface area (Å²) in [5.74, 6) is -0.970. The molecule has 10 heteroatoms. The van der Waals surface area contributed by atoms with Crippen LogP contribution < -0.4 is 10.6 Å². The topological polar surface area (TPSA) is 84.7 Å². The second-order valence-corrected chi connectivity index (χ2v) is 7.67. The molecule has 0 unspecified atom stereocenters. The first kappa shape index (κ1) is 21.4. The van der Waals surface area contributed by atoms with E-state index in [1.165, 1.54) is 18.5 Å². The van der Waals surface area contributed by atoms with E-state index in [2.05, 4.69) is 25.6 Å². The van der Waals surface area contributed by atoms with E-state index in [0.29, 0.717) is 29.1 Å². The van der Waals surface area contributed by atoms with Gasteiger partial charge in [-0.3, -0.25) is 9.36 Å². The van der Waals surface area contributed by atoms with Gasteiger partial charge in [-0.15, -0.1) is 0 Å². The minimum Gasteiger partial charge on any atom is -0.340 e. The highest BCUT2D eigenvalue weighted by molar-refractivity contribution is 7.99. The molecule has 2 heterocycles. The molecule has 162 valence electrons. The minimum absolute atomic E-state index is 0.198. The molecule has 2 N–H and O–H groups in total. The smallest absolute Gasteiger partial charge is 0.288 e. The summed E-state index contributed by atoms with van der Waals surface area (Å²) in [4.78, 5) is 25.5. The summed E-state index contributed by atoms with van der Waals surface area (Å²) < 4.78 is 27.3. The van der Waals surface area contributed by atoms with Crippen molar-refractivity contribution in [1.82, 2.24) is 19.5 Å². The van der Waals surface area contributed by atoms with Crippen molar-refractivity contribution in [2.45, 2.75) is 17.6 Å². The molecular formula is C22H18F2N6OS. The van der Waals surface area contributed by atoms with Crippen LogP contribution in [0.4, 0.5) is 26.0 Å². The van der Waals surface area contributed by atoms with Crippen molar-refractivity contribution in [3.05, 3.63) is 84.7 Å². The van der Waals surface area contributed by atoms with Crippen LogP contribution in [0.3, 0.4) is 0 Å². The third-order valence-corrected chi connectivity index (χ3v) is 5.28. The van der Waals surface area contributed by atoms with Gasteiger partial charge in [-0.1, -0.05) is 23.9 Å². The molecule has 32 heavy (non-hydrogen) atoms. The van der Waals surface area contributed by atoms with Gasteiger partial charge in [0.25, 0.3) is 11.7 Å². The number of hydrogen-bond donors (Lipinski definition) is 2. The van der Waals surface area contributed by atoms with Crippen LogP contribution in [-0.4, -0.2) is 31.2 Å². The number of imidazole rings is 1. The number of nitrogens with one attached hydrogen (secondary N) is 2. The van der Waals surface area contributed by atoms with E-state index in [4.69, 9.17) is 0 Å². The van der Waals surface area contributed by atoms with Crippen molar-refractivity contribution < 1.29 is 13.6 Å². The third kappa shape index (κ3) is 5.09. The summed E-state index contributed by atoms with van der Waals surface area (Å²) in [6.07, 6.45) is 4.97. The second kappa shape index (κ2) is 9.56. The molecule has 1 amide bonds. The van der Waals surface area contributed by atoms with Gasteiger partial charge in [-0.25, -0.2) is 15.0 Å². The molecule has 2 aromatic carbocycles. The molecule has 0 aliphatic carbocycles. The van der Waals surface area contributed by atoms with Gasteiger partial charge in [0.15, 0.2) is 0 Å². The zero-order valence-electron chi connectivity index (χ0n) is 16.9. The average molecular weight is 452 g/mol. The van der Waals surface area contributed by atoms with Crippen molar-refractivity contribution in [3.63, 3.8) is 0 Å². The van der Waals surface area contributed by atoms with Gasteiger partial charge in [0.2, 0.25) is 0 Å². The van der Waals surface area contributed by atoms with Crippen LogP contribution in [0, 0.1) is 6.92 Å². The number of amides is 1. The maximum Gasteiger partial charge on any atom is 0.288 e. The lowest BCUT2D eigenvalue weighted by molar-refractivity contribution is 0.102. The second-order valence-electron chi connectivity index (χ2n) is 6.64. The van der Waals surface area contributed by atoms with Crippen LogP contribution in [0.25, 0.3) is 5.82 Å². The molecule has 0 aliphatic heterocycles. The number of carbonyl (C=O) groups excluding carboxylic acids is 1. The first-order chi connectivity index (χ1) is 15.5. The highest BCUT2D eigenvalue weighted by Crippen LogP contribution is 2.29. The zero-order valence-corrected chi connectivity index (χ0v) is 17.7. The molecule has 0 bridgehead atoms. The lowest BCUT2D eigenvalue weighted by Crippen LogP contribution is -2.13. The number of anilines is 3. The summed E-state index contributed by atoms with van der Waals surface area (Å²) in [6.45, 7) is 1.88. The Labute approximate surface area is 186 Å². The van der Waals surface area contributed by atoms with Crippen molar-refractivity contribution in [2.24, 2.45) is 0 Å². The van der Waals surface area contributed by atoms with E-state index in [0.717, 1.165) is 11.5 Å². The van der Waals surface area contributed by atoms with Crippen molar-refractivity contribution >= 4 is 34.9 Å². The summed E-state index contributed by atoms with van der Waals surface area (Å²) in [5.41, 5.74) is 1.49. The van der Waals surface area contributed by atoms with Gasteiger partial charge in [0.1, 0.15) is 23.8 Å². The van der Waals surface area contributed by atoms with Crippen LogP contribution in [0.5, 0.6) is 0 Å². The fourth-order valence-corrected chi connectivity index (χ4v) is 3.64.